The van der Waals surface area contributed by atoms with Gasteiger partial charge >= 0.3 is 39.5 Å². The first-order chi connectivity index (χ1) is 44.9. The monoisotopic (exact) mass is 1370 g/mol. The fourth-order valence-corrected chi connectivity index (χ4v) is 12.8. The average Bonchev–Trinajstić information content (AvgIpc) is 1.67. The Morgan fingerprint density at radius 1 is 0.312 bits per heavy atom. The number of hydrogen-bond acceptors (Lipinski definition) is 15. The molecule has 0 heterocycles. The number of aliphatic hydroxyl groups excluding tert-OH is 1. The number of carbonyl (C=O) groups is 4. The Kier molecular flexibility index (Phi) is 64.6. The standard InChI is InChI=1S/C74H144O17P2/c1-7-10-12-14-16-18-19-20-21-22-23-24-25-26-27-34-40-46-52-58-73(78)90-70(63-85-72(77)57-51-45-39-33-29-28-32-37-43-49-55-67(6)9-3)65-89-93(82,83)87-61-68(75)60-86-92(80,81)88-64-69(62-84-71(76)56-50-44-38-17-15-13-11-8-2)91-74(79)59-53-47-41-35-30-31-36-42-48-54-66(4)5/h66-70,75H,7-65H2,1-6H3,(H,80,81)(H,82,83)/t67?,68-,69+,70+/m0/s1. The quantitative estimate of drug-likeness (QED) is 0.0222. The van der Waals surface area contributed by atoms with Crippen molar-refractivity contribution in [3.8, 4) is 0 Å². The Balaban J connectivity index is 5.21. The molecule has 0 rings (SSSR count). The Morgan fingerprint density at radius 2 is 0.548 bits per heavy atom. The van der Waals surface area contributed by atoms with E-state index < -0.39 is 97.5 Å². The summed E-state index contributed by atoms with van der Waals surface area (Å²) in [6.45, 7) is 9.56. The van der Waals surface area contributed by atoms with Gasteiger partial charge in [-0.15, -0.1) is 0 Å². The van der Waals surface area contributed by atoms with E-state index in [4.69, 9.17) is 37.0 Å². The summed E-state index contributed by atoms with van der Waals surface area (Å²) in [5.41, 5.74) is 0. The van der Waals surface area contributed by atoms with Crippen LogP contribution in [-0.4, -0.2) is 96.7 Å². The zero-order chi connectivity index (χ0) is 68.6. The summed E-state index contributed by atoms with van der Waals surface area (Å²) in [6, 6.07) is 0. The molecule has 0 aliphatic heterocycles. The molecule has 3 unspecified atom stereocenters. The van der Waals surface area contributed by atoms with Gasteiger partial charge in [0.05, 0.1) is 26.4 Å². The third-order valence-electron chi connectivity index (χ3n) is 17.6. The molecule has 0 saturated heterocycles. The summed E-state index contributed by atoms with van der Waals surface area (Å²) in [5, 5.41) is 10.6. The molecule has 0 aliphatic rings. The molecule has 0 radical (unpaired) electrons. The van der Waals surface area contributed by atoms with Gasteiger partial charge in [0.25, 0.3) is 0 Å². The summed E-state index contributed by atoms with van der Waals surface area (Å²) in [4.78, 5) is 72.6. The highest BCUT2D eigenvalue weighted by Crippen LogP contribution is 2.45. The number of phosphoric acid groups is 2. The fourth-order valence-electron chi connectivity index (χ4n) is 11.3. The molecule has 93 heavy (non-hydrogen) atoms. The van der Waals surface area contributed by atoms with Crippen LogP contribution < -0.4 is 0 Å². The smallest absolute Gasteiger partial charge is 0.462 e. The van der Waals surface area contributed by atoms with Gasteiger partial charge < -0.3 is 33.8 Å². The van der Waals surface area contributed by atoms with Crippen LogP contribution in [0.15, 0.2) is 0 Å². The van der Waals surface area contributed by atoms with E-state index in [1.807, 2.05) is 0 Å². The van der Waals surface area contributed by atoms with Gasteiger partial charge in [-0.2, -0.15) is 0 Å². The van der Waals surface area contributed by atoms with Gasteiger partial charge in [0.2, 0.25) is 0 Å². The van der Waals surface area contributed by atoms with Crippen LogP contribution in [0, 0.1) is 11.8 Å². The molecule has 0 fully saturated rings. The number of aliphatic hydroxyl groups is 1. The molecule has 0 amide bonds. The highest BCUT2D eigenvalue weighted by Gasteiger charge is 2.30. The van der Waals surface area contributed by atoms with E-state index in [0.29, 0.717) is 25.7 Å². The molecule has 552 valence electrons. The molecule has 19 heteroatoms. The lowest BCUT2D eigenvalue weighted by Crippen LogP contribution is -2.30. The largest absolute Gasteiger partial charge is 0.472 e. The summed E-state index contributed by atoms with van der Waals surface area (Å²) in [7, 11) is -9.90. The summed E-state index contributed by atoms with van der Waals surface area (Å²) >= 11 is 0. The van der Waals surface area contributed by atoms with Crippen molar-refractivity contribution in [1.29, 1.82) is 0 Å². The van der Waals surface area contributed by atoms with Crippen molar-refractivity contribution in [2.24, 2.45) is 11.8 Å². The van der Waals surface area contributed by atoms with Crippen molar-refractivity contribution >= 4 is 39.5 Å². The number of ether oxygens (including phenoxy) is 4. The van der Waals surface area contributed by atoms with E-state index in [2.05, 4.69) is 41.5 Å². The topological polar surface area (TPSA) is 237 Å². The maximum Gasteiger partial charge on any atom is 0.472 e. The highest BCUT2D eigenvalue weighted by atomic mass is 31.2. The summed E-state index contributed by atoms with van der Waals surface area (Å²) < 4.78 is 68.4. The molecule has 3 N–H and O–H groups in total. The normalized spacial score (nSPS) is 14.3. The highest BCUT2D eigenvalue weighted by molar-refractivity contribution is 7.47. The predicted octanol–water partition coefficient (Wildman–Crippen LogP) is 21.6. The van der Waals surface area contributed by atoms with Gasteiger partial charge in [-0.25, -0.2) is 9.13 Å². The van der Waals surface area contributed by atoms with Gasteiger partial charge in [0.15, 0.2) is 12.2 Å². The third kappa shape index (κ3) is 67.0. The summed E-state index contributed by atoms with van der Waals surface area (Å²) in [5.74, 6) is -0.575. The second-order valence-electron chi connectivity index (χ2n) is 27.4. The molecule has 0 aromatic carbocycles. The molecule has 0 aromatic heterocycles. The zero-order valence-electron chi connectivity index (χ0n) is 60.6. The van der Waals surface area contributed by atoms with E-state index in [1.165, 1.54) is 193 Å². The molecular weight excluding hydrogens is 1220 g/mol. The van der Waals surface area contributed by atoms with Gasteiger partial charge in [-0.05, 0) is 37.5 Å². The Bertz CT molecular complexity index is 1810. The van der Waals surface area contributed by atoms with Crippen LogP contribution in [-0.2, 0) is 65.4 Å². The second kappa shape index (κ2) is 66.0. The van der Waals surface area contributed by atoms with Crippen LogP contribution in [0.4, 0.5) is 0 Å². The van der Waals surface area contributed by atoms with Gasteiger partial charge in [-0.1, -0.05) is 330 Å². The first-order valence-electron chi connectivity index (χ1n) is 38.5. The van der Waals surface area contributed by atoms with E-state index in [-0.39, 0.29) is 25.7 Å². The molecule has 17 nitrogen and oxygen atoms in total. The Labute approximate surface area is 568 Å². The van der Waals surface area contributed by atoms with Crippen LogP contribution >= 0.6 is 15.6 Å². The fraction of sp³-hybridized carbons (Fsp3) is 0.946. The second-order valence-corrected chi connectivity index (χ2v) is 30.3. The minimum absolute atomic E-state index is 0.105. The SMILES string of the molecule is CCCCCCCCCCCCCCCCCCCCCC(=O)O[C@H](COC(=O)CCCCCCCCCCCCC(C)CC)COP(=O)(O)OC[C@@H](O)COP(=O)(O)OC[C@@H](COC(=O)CCCCCCCCCC)OC(=O)CCCCCCCCCCCC(C)C. The van der Waals surface area contributed by atoms with E-state index >= 15 is 0 Å². The number of unbranched alkanes of at least 4 members (excludes halogenated alkanes) is 42. The van der Waals surface area contributed by atoms with Gasteiger partial charge in [0.1, 0.15) is 19.3 Å². The van der Waals surface area contributed by atoms with Gasteiger partial charge in [-0.3, -0.25) is 37.3 Å². The van der Waals surface area contributed by atoms with E-state index in [1.54, 1.807) is 0 Å². The number of carbonyl (C=O) groups excluding carboxylic acids is 4. The minimum Gasteiger partial charge on any atom is -0.462 e. The van der Waals surface area contributed by atoms with Crippen LogP contribution in [0.25, 0.3) is 0 Å². The Morgan fingerprint density at radius 3 is 0.817 bits per heavy atom. The minimum atomic E-state index is -4.96. The van der Waals surface area contributed by atoms with Crippen molar-refractivity contribution in [1.82, 2.24) is 0 Å². The van der Waals surface area contributed by atoms with Crippen molar-refractivity contribution in [2.45, 2.75) is 400 Å². The predicted molar refractivity (Wildman–Crippen MR) is 377 cm³/mol. The first kappa shape index (κ1) is 91.1. The number of hydrogen-bond donors (Lipinski definition) is 3. The molecule has 0 spiro atoms. The van der Waals surface area contributed by atoms with E-state index in [0.717, 1.165) is 108 Å². The maximum atomic E-state index is 13.1. The number of rotatable bonds is 73. The van der Waals surface area contributed by atoms with Gasteiger partial charge in [0, 0.05) is 25.7 Å². The lowest BCUT2D eigenvalue weighted by molar-refractivity contribution is -0.161. The lowest BCUT2D eigenvalue weighted by atomic mass is 9.99. The number of esters is 4. The lowest BCUT2D eigenvalue weighted by Gasteiger charge is -2.21. The molecular formula is C74H144O17P2. The average molecular weight is 1370 g/mol. The summed E-state index contributed by atoms with van der Waals surface area (Å²) in [6.07, 6.45) is 52.8. The molecule has 0 saturated carbocycles. The third-order valence-corrected chi connectivity index (χ3v) is 19.5. The Hall–Kier alpha value is -1.94. The van der Waals surface area contributed by atoms with Crippen LogP contribution in [0.2, 0.25) is 0 Å². The van der Waals surface area contributed by atoms with Crippen molar-refractivity contribution < 1.29 is 80.2 Å². The zero-order valence-corrected chi connectivity index (χ0v) is 62.3. The molecule has 0 aliphatic carbocycles. The van der Waals surface area contributed by atoms with Crippen molar-refractivity contribution in [3.63, 3.8) is 0 Å². The molecule has 0 aromatic rings. The first-order valence-corrected chi connectivity index (χ1v) is 41.5. The van der Waals surface area contributed by atoms with Crippen LogP contribution in [0.5, 0.6) is 0 Å². The van der Waals surface area contributed by atoms with Crippen LogP contribution in [0.1, 0.15) is 382 Å². The van der Waals surface area contributed by atoms with Crippen molar-refractivity contribution in [3.05, 3.63) is 0 Å². The van der Waals surface area contributed by atoms with E-state index in [9.17, 15) is 43.2 Å². The maximum absolute atomic E-state index is 13.1. The number of phosphoric ester groups is 2. The van der Waals surface area contributed by atoms with Crippen LogP contribution in [0.3, 0.4) is 0 Å². The molecule has 6 atom stereocenters. The van der Waals surface area contributed by atoms with Crippen molar-refractivity contribution in [2.75, 3.05) is 39.6 Å². The molecule has 0 bridgehead atoms.